The molecule has 0 aliphatic heterocycles. The van der Waals surface area contributed by atoms with Crippen LogP contribution in [0.15, 0.2) is 56.5 Å². The number of nitrogens with one attached hydrogen (secondary N) is 2. The van der Waals surface area contributed by atoms with Crippen LogP contribution in [0.4, 0.5) is 5.69 Å². The number of phenolic OH excluding ortho intramolecular Hbond substituents is 1. The monoisotopic (exact) mass is 467 g/mol. The number of phenols is 1. The second-order valence-corrected chi connectivity index (χ2v) is 6.89. The molecule has 0 saturated carbocycles. The summed E-state index contributed by atoms with van der Waals surface area (Å²) in [6, 6.07) is 12.1. The van der Waals surface area contributed by atoms with Gasteiger partial charge in [-0.1, -0.05) is 37.9 Å². The molecule has 0 saturated heterocycles. The molecule has 0 aliphatic carbocycles. The minimum atomic E-state index is -0.393. The largest absolute Gasteiger partial charge is 0.507 e. The zero-order valence-electron chi connectivity index (χ0n) is 13.0. The van der Waals surface area contributed by atoms with E-state index < -0.39 is 5.91 Å². The van der Waals surface area contributed by atoms with Gasteiger partial charge in [-0.25, -0.2) is 5.43 Å². The van der Waals surface area contributed by atoms with Gasteiger partial charge in [-0.3, -0.25) is 9.59 Å². The Morgan fingerprint density at radius 1 is 1.04 bits per heavy atom. The Labute approximate surface area is 161 Å². The number of amides is 2. The Kier molecular flexibility index (Phi) is 7.15. The lowest BCUT2D eigenvalue weighted by molar-refractivity contribution is -0.124. The summed E-state index contributed by atoms with van der Waals surface area (Å²) in [4.78, 5) is 23.5. The average molecular weight is 469 g/mol. The van der Waals surface area contributed by atoms with Crippen LogP contribution in [0.2, 0.25) is 0 Å². The smallest absolute Gasteiger partial charge is 0.240 e. The summed E-state index contributed by atoms with van der Waals surface area (Å²) >= 11 is 6.60. The first-order chi connectivity index (χ1) is 11.9. The number of nitrogens with zero attached hydrogens (tertiary/aromatic N) is 1. The molecule has 2 amide bonds. The van der Waals surface area contributed by atoms with Crippen molar-refractivity contribution in [2.24, 2.45) is 5.10 Å². The fourth-order valence-electron chi connectivity index (χ4n) is 1.88. The van der Waals surface area contributed by atoms with Gasteiger partial charge in [0, 0.05) is 33.0 Å². The van der Waals surface area contributed by atoms with E-state index in [1.165, 1.54) is 12.3 Å². The summed E-state index contributed by atoms with van der Waals surface area (Å²) in [6.07, 6.45) is 1.37. The van der Waals surface area contributed by atoms with Gasteiger partial charge in [0.15, 0.2) is 0 Å². The zero-order valence-corrected chi connectivity index (χ0v) is 16.2. The SMILES string of the molecule is O=C(CCC(=O)Nc1cccc(Br)c1)NN=Cc1cc(Br)ccc1O. The molecule has 0 heterocycles. The van der Waals surface area contributed by atoms with Crippen LogP contribution in [-0.4, -0.2) is 23.1 Å². The number of halogens is 2. The van der Waals surface area contributed by atoms with Gasteiger partial charge < -0.3 is 10.4 Å². The molecule has 2 rings (SSSR count). The van der Waals surface area contributed by atoms with Crippen LogP contribution in [0.3, 0.4) is 0 Å². The van der Waals surface area contributed by atoms with Crippen LogP contribution >= 0.6 is 31.9 Å². The molecule has 0 atom stereocenters. The number of benzene rings is 2. The number of hydrazone groups is 1. The van der Waals surface area contributed by atoms with E-state index in [0.717, 1.165) is 8.95 Å². The van der Waals surface area contributed by atoms with Gasteiger partial charge >= 0.3 is 0 Å². The molecular formula is C17H15Br2N3O3. The van der Waals surface area contributed by atoms with Crippen molar-refractivity contribution in [3.05, 3.63) is 57.0 Å². The number of anilines is 1. The quantitative estimate of drug-likeness (QED) is 0.445. The molecule has 6 nitrogen and oxygen atoms in total. The number of carbonyl (C=O) groups is 2. The topological polar surface area (TPSA) is 90.8 Å². The van der Waals surface area contributed by atoms with Gasteiger partial charge in [-0.05, 0) is 36.4 Å². The van der Waals surface area contributed by atoms with E-state index in [0.29, 0.717) is 11.3 Å². The van der Waals surface area contributed by atoms with E-state index in [1.54, 1.807) is 30.3 Å². The molecule has 0 aromatic heterocycles. The fraction of sp³-hybridized carbons (Fsp3) is 0.118. The fourth-order valence-corrected chi connectivity index (χ4v) is 2.65. The van der Waals surface area contributed by atoms with Crippen molar-refractivity contribution in [1.29, 1.82) is 0 Å². The third-order valence-electron chi connectivity index (χ3n) is 3.07. The van der Waals surface area contributed by atoms with Crippen LogP contribution in [0.25, 0.3) is 0 Å². The van der Waals surface area contributed by atoms with Crippen molar-refractivity contribution in [2.45, 2.75) is 12.8 Å². The lowest BCUT2D eigenvalue weighted by atomic mass is 10.2. The van der Waals surface area contributed by atoms with Crippen molar-refractivity contribution in [3.8, 4) is 5.75 Å². The second kappa shape index (κ2) is 9.33. The molecule has 3 N–H and O–H groups in total. The Morgan fingerprint density at radius 2 is 1.76 bits per heavy atom. The van der Waals surface area contributed by atoms with Gasteiger partial charge in [0.25, 0.3) is 0 Å². The summed E-state index contributed by atoms with van der Waals surface area (Å²) in [5.41, 5.74) is 3.44. The predicted molar refractivity (Wildman–Crippen MR) is 104 cm³/mol. The van der Waals surface area contributed by atoms with Gasteiger partial charge in [0.2, 0.25) is 11.8 Å². The van der Waals surface area contributed by atoms with Gasteiger partial charge in [0.05, 0.1) is 6.21 Å². The van der Waals surface area contributed by atoms with Crippen molar-refractivity contribution in [1.82, 2.24) is 5.43 Å². The van der Waals surface area contributed by atoms with E-state index in [-0.39, 0.29) is 24.5 Å². The van der Waals surface area contributed by atoms with Crippen LogP contribution in [-0.2, 0) is 9.59 Å². The maximum Gasteiger partial charge on any atom is 0.240 e. The number of rotatable bonds is 6. The first-order valence-corrected chi connectivity index (χ1v) is 8.88. The van der Waals surface area contributed by atoms with Crippen molar-refractivity contribution in [3.63, 3.8) is 0 Å². The summed E-state index contributed by atoms with van der Waals surface area (Å²) < 4.78 is 1.63. The minimum Gasteiger partial charge on any atom is -0.507 e. The van der Waals surface area contributed by atoms with E-state index in [2.05, 4.69) is 47.7 Å². The molecule has 130 valence electrons. The highest BCUT2D eigenvalue weighted by Gasteiger charge is 2.07. The maximum absolute atomic E-state index is 11.8. The minimum absolute atomic E-state index is 0.00163. The highest BCUT2D eigenvalue weighted by Crippen LogP contribution is 2.20. The van der Waals surface area contributed by atoms with E-state index in [9.17, 15) is 14.7 Å². The Morgan fingerprint density at radius 3 is 2.52 bits per heavy atom. The van der Waals surface area contributed by atoms with Crippen molar-refractivity contribution < 1.29 is 14.7 Å². The van der Waals surface area contributed by atoms with E-state index in [1.807, 2.05) is 6.07 Å². The normalized spacial score (nSPS) is 10.6. The molecule has 0 radical (unpaired) electrons. The van der Waals surface area contributed by atoms with E-state index in [4.69, 9.17) is 0 Å². The zero-order chi connectivity index (χ0) is 18.2. The first-order valence-electron chi connectivity index (χ1n) is 7.30. The standard InChI is InChI=1S/C17H15Br2N3O3/c18-12-2-1-3-14(9-12)21-16(24)6-7-17(25)22-20-10-11-8-13(19)4-5-15(11)23/h1-5,8-10,23H,6-7H2,(H,21,24)(H,22,25). The van der Waals surface area contributed by atoms with Crippen molar-refractivity contribution >= 4 is 55.6 Å². The van der Waals surface area contributed by atoms with Crippen molar-refractivity contribution in [2.75, 3.05) is 5.32 Å². The maximum atomic E-state index is 11.8. The van der Waals surface area contributed by atoms with Gasteiger partial charge in [-0.15, -0.1) is 0 Å². The summed E-state index contributed by atoms with van der Waals surface area (Å²) in [6.45, 7) is 0. The molecule has 0 spiro atoms. The summed E-state index contributed by atoms with van der Waals surface area (Å²) in [7, 11) is 0. The molecule has 2 aromatic carbocycles. The second-order valence-electron chi connectivity index (χ2n) is 5.05. The molecule has 2 aromatic rings. The number of carbonyl (C=O) groups excluding carboxylic acids is 2. The average Bonchev–Trinajstić information content (AvgIpc) is 2.56. The number of hydrogen-bond acceptors (Lipinski definition) is 4. The third kappa shape index (κ3) is 6.67. The molecule has 25 heavy (non-hydrogen) atoms. The molecule has 0 fully saturated rings. The number of hydrogen-bond donors (Lipinski definition) is 3. The molecule has 0 bridgehead atoms. The molecule has 0 aliphatic rings. The van der Waals surface area contributed by atoms with Crippen LogP contribution < -0.4 is 10.7 Å². The summed E-state index contributed by atoms with van der Waals surface area (Å²) in [5, 5.41) is 16.1. The summed E-state index contributed by atoms with van der Waals surface area (Å²) in [5.74, 6) is -0.605. The predicted octanol–water partition coefficient (Wildman–Crippen LogP) is 3.79. The highest BCUT2D eigenvalue weighted by atomic mass is 79.9. The molecule has 0 unspecified atom stereocenters. The lowest BCUT2D eigenvalue weighted by Crippen LogP contribution is -2.20. The molecular weight excluding hydrogens is 454 g/mol. The third-order valence-corrected chi connectivity index (χ3v) is 4.06. The Hall–Kier alpha value is -2.19. The highest BCUT2D eigenvalue weighted by molar-refractivity contribution is 9.10. The van der Waals surface area contributed by atoms with Gasteiger partial charge in [0.1, 0.15) is 5.75 Å². The van der Waals surface area contributed by atoms with E-state index >= 15 is 0 Å². The van der Waals surface area contributed by atoms with Crippen LogP contribution in [0.1, 0.15) is 18.4 Å². The van der Waals surface area contributed by atoms with Crippen LogP contribution in [0, 0.1) is 0 Å². The Bertz CT molecular complexity index is 809. The van der Waals surface area contributed by atoms with Gasteiger partial charge in [-0.2, -0.15) is 5.10 Å². The Balaban J connectivity index is 1.77. The van der Waals surface area contributed by atoms with Crippen LogP contribution in [0.5, 0.6) is 5.75 Å². The lowest BCUT2D eigenvalue weighted by Gasteiger charge is -2.05. The number of aromatic hydroxyl groups is 1. The molecule has 8 heteroatoms. The first kappa shape index (κ1) is 19.1.